The normalized spacial score (nSPS) is 60.2. The molecular formula is C27H42O2. The number of hydrogen-bond acceptors (Lipinski definition) is 2. The van der Waals surface area contributed by atoms with E-state index < -0.39 is 0 Å². The minimum atomic E-state index is 0.272. The maximum atomic E-state index is 12.7. The topological polar surface area (TPSA) is 26.3 Å². The summed E-state index contributed by atoms with van der Waals surface area (Å²) < 4.78 is 6.65. The highest BCUT2D eigenvalue weighted by molar-refractivity contribution is 5.84. The van der Waals surface area contributed by atoms with Gasteiger partial charge in [0.15, 0.2) is 0 Å². The first-order valence-corrected chi connectivity index (χ1v) is 12.7. The van der Waals surface area contributed by atoms with Gasteiger partial charge in [-0.1, -0.05) is 34.6 Å². The Morgan fingerprint density at radius 1 is 0.828 bits per heavy atom. The Morgan fingerprint density at radius 3 is 2.38 bits per heavy atom. The lowest BCUT2D eigenvalue weighted by molar-refractivity contribution is -0.221. The van der Waals surface area contributed by atoms with Gasteiger partial charge >= 0.3 is 0 Å². The molecule has 6 rings (SSSR count). The van der Waals surface area contributed by atoms with Gasteiger partial charge in [0, 0.05) is 12.3 Å². The Bertz CT molecular complexity index is 756. The predicted octanol–water partition coefficient (Wildman–Crippen LogP) is 6.42. The van der Waals surface area contributed by atoms with Crippen LogP contribution in [0, 0.1) is 50.7 Å². The predicted molar refractivity (Wildman–Crippen MR) is 115 cm³/mol. The molecule has 6 fully saturated rings. The fourth-order valence-corrected chi connectivity index (χ4v) is 10.8. The molecule has 5 saturated carbocycles. The van der Waals surface area contributed by atoms with Crippen molar-refractivity contribution < 1.29 is 9.53 Å². The van der Waals surface area contributed by atoms with Gasteiger partial charge in [-0.15, -0.1) is 0 Å². The molecule has 2 nitrogen and oxygen atoms in total. The standard InChI is InChI=1S/C27H42O2/c1-23(2)12-14-27-15-13-25(4)18(21(27)22(23)29-16-27)6-7-20-24(3)10-9-19(28)17(24)8-11-26(20,25)5/h17-18,20-22H,6-16H2,1-5H3/t17?,18-,20?,21?,22?,24+,25-,26-,27-/m1/s1. The number of carbonyl (C=O) groups is 1. The van der Waals surface area contributed by atoms with Gasteiger partial charge in [-0.05, 0) is 103 Å². The van der Waals surface area contributed by atoms with Crippen molar-refractivity contribution in [2.24, 2.45) is 50.7 Å². The van der Waals surface area contributed by atoms with Crippen LogP contribution in [0.4, 0.5) is 0 Å². The quantitative estimate of drug-likeness (QED) is 0.470. The Balaban J connectivity index is 1.42. The zero-order valence-corrected chi connectivity index (χ0v) is 19.5. The summed E-state index contributed by atoms with van der Waals surface area (Å²) in [4.78, 5) is 12.7. The number of ketones is 1. The van der Waals surface area contributed by atoms with Gasteiger partial charge in [-0.25, -0.2) is 0 Å². The summed E-state index contributed by atoms with van der Waals surface area (Å²) in [5.41, 5.74) is 1.91. The molecule has 29 heavy (non-hydrogen) atoms. The molecule has 1 heterocycles. The molecular weight excluding hydrogens is 356 g/mol. The summed E-state index contributed by atoms with van der Waals surface area (Å²) >= 11 is 0. The number of rotatable bonds is 0. The highest BCUT2D eigenvalue weighted by atomic mass is 16.5. The molecule has 6 aliphatic rings. The van der Waals surface area contributed by atoms with E-state index >= 15 is 0 Å². The summed E-state index contributed by atoms with van der Waals surface area (Å²) in [6, 6.07) is 0. The third kappa shape index (κ3) is 2.07. The van der Waals surface area contributed by atoms with Gasteiger partial charge in [0.25, 0.3) is 0 Å². The van der Waals surface area contributed by atoms with Crippen molar-refractivity contribution in [2.75, 3.05) is 6.61 Å². The van der Waals surface area contributed by atoms with E-state index in [0.29, 0.717) is 39.5 Å². The molecule has 4 unspecified atom stereocenters. The maximum Gasteiger partial charge on any atom is 0.136 e. The highest BCUT2D eigenvalue weighted by Crippen LogP contribution is 2.77. The van der Waals surface area contributed by atoms with Gasteiger partial charge in [0.2, 0.25) is 0 Å². The molecule has 0 amide bonds. The van der Waals surface area contributed by atoms with Crippen molar-refractivity contribution in [1.82, 2.24) is 0 Å². The maximum absolute atomic E-state index is 12.7. The average Bonchev–Trinajstić information content (AvgIpc) is 3.16. The van der Waals surface area contributed by atoms with E-state index in [1.807, 2.05) is 0 Å². The van der Waals surface area contributed by atoms with Gasteiger partial charge < -0.3 is 4.74 Å². The molecule has 2 bridgehead atoms. The minimum Gasteiger partial charge on any atom is -0.377 e. The fraction of sp³-hybridized carbons (Fsp3) is 0.963. The second kappa shape index (κ2) is 5.51. The van der Waals surface area contributed by atoms with Crippen molar-refractivity contribution in [2.45, 2.75) is 105 Å². The summed E-state index contributed by atoms with van der Waals surface area (Å²) in [7, 11) is 0. The first-order chi connectivity index (χ1) is 13.6. The SMILES string of the molecule is CC1(C)CC[C@]23CC[C@]4(C)[C@H](CCC5[C@@]6(C)CCC(=O)C6CC[C@]54C)C2C1OC3. The molecule has 1 saturated heterocycles. The van der Waals surface area contributed by atoms with Gasteiger partial charge in [-0.3, -0.25) is 4.79 Å². The minimum absolute atomic E-state index is 0.272. The highest BCUT2D eigenvalue weighted by Gasteiger charge is 2.72. The number of carbonyl (C=O) groups excluding carboxylic acids is 1. The molecule has 0 N–H and O–H groups in total. The van der Waals surface area contributed by atoms with Crippen LogP contribution in [0.5, 0.6) is 0 Å². The molecule has 5 aliphatic carbocycles. The second-order valence-electron chi connectivity index (χ2n) is 13.7. The molecule has 2 heteroatoms. The largest absolute Gasteiger partial charge is 0.377 e. The first kappa shape index (κ1) is 19.3. The Hall–Kier alpha value is -0.370. The number of fused-ring (bicyclic) bond motifs is 5. The van der Waals surface area contributed by atoms with Crippen LogP contribution < -0.4 is 0 Å². The molecule has 0 aromatic heterocycles. The fourth-order valence-electron chi connectivity index (χ4n) is 10.8. The van der Waals surface area contributed by atoms with Gasteiger partial charge in [0.1, 0.15) is 5.78 Å². The van der Waals surface area contributed by atoms with Crippen LogP contribution in [0.15, 0.2) is 0 Å². The second-order valence-corrected chi connectivity index (χ2v) is 13.7. The smallest absolute Gasteiger partial charge is 0.136 e. The molecule has 0 radical (unpaired) electrons. The molecule has 162 valence electrons. The summed E-state index contributed by atoms with van der Waals surface area (Å²) in [5, 5.41) is 0. The molecule has 0 aromatic rings. The van der Waals surface area contributed by atoms with E-state index in [2.05, 4.69) is 34.6 Å². The number of Topliss-reactive ketones (excluding diaryl/α,β-unsaturated/α-hetero) is 1. The van der Waals surface area contributed by atoms with E-state index in [1.54, 1.807) is 0 Å². The average molecular weight is 399 g/mol. The van der Waals surface area contributed by atoms with Crippen molar-refractivity contribution in [3.05, 3.63) is 0 Å². The summed E-state index contributed by atoms with van der Waals surface area (Å²) in [6.45, 7) is 13.9. The van der Waals surface area contributed by atoms with Crippen LogP contribution in [0.25, 0.3) is 0 Å². The van der Waals surface area contributed by atoms with E-state index in [9.17, 15) is 4.79 Å². The van der Waals surface area contributed by atoms with Gasteiger partial charge in [0.05, 0.1) is 12.7 Å². The zero-order chi connectivity index (χ0) is 20.4. The van der Waals surface area contributed by atoms with E-state index in [-0.39, 0.29) is 5.41 Å². The van der Waals surface area contributed by atoms with Crippen molar-refractivity contribution >= 4 is 5.78 Å². The third-order valence-corrected chi connectivity index (χ3v) is 12.7. The Morgan fingerprint density at radius 2 is 1.59 bits per heavy atom. The zero-order valence-electron chi connectivity index (χ0n) is 19.5. The van der Waals surface area contributed by atoms with Crippen LogP contribution in [0.2, 0.25) is 0 Å². The molecule has 9 atom stereocenters. The van der Waals surface area contributed by atoms with Crippen molar-refractivity contribution in [3.63, 3.8) is 0 Å². The van der Waals surface area contributed by atoms with Crippen molar-refractivity contribution in [1.29, 1.82) is 0 Å². The van der Waals surface area contributed by atoms with E-state index in [1.165, 1.54) is 44.9 Å². The van der Waals surface area contributed by atoms with Crippen LogP contribution in [-0.2, 0) is 9.53 Å². The monoisotopic (exact) mass is 398 g/mol. The first-order valence-electron chi connectivity index (χ1n) is 12.7. The molecule has 1 aliphatic heterocycles. The van der Waals surface area contributed by atoms with E-state index in [4.69, 9.17) is 4.74 Å². The van der Waals surface area contributed by atoms with Crippen LogP contribution >= 0.6 is 0 Å². The molecule has 0 aromatic carbocycles. The van der Waals surface area contributed by atoms with Gasteiger partial charge in [-0.2, -0.15) is 0 Å². The Labute approximate surface area is 177 Å². The van der Waals surface area contributed by atoms with E-state index in [0.717, 1.165) is 43.6 Å². The summed E-state index contributed by atoms with van der Waals surface area (Å²) in [6.07, 6.45) is 13.2. The third-order valence-electron chi connectivity index (χ3n) is 12.7. The lowest BCUT2D eigenvalue weighted by Crippen LogP contribution is -2.65. The van der Waals surface area contributed by atoms with Crippen LogP contribution in [0.1, 0.15) is 98.8 Å². The number of hydrogen-bond donors (Lipinski definition) is 0. The van der Waals surface area contributed by atoms with Crippen LogP contribution in [0.3, 0.4) is 0 Å². The number of ether oxygens (including phenoxy) is 1. The Kier molecular flexibility index (Phi) is 3.67. The summed E-state index contributed by atoms with van der Waals surface area (Å²) in [5.74, 6) is 3.29. The van der Waals surface area contributed by atoms with Crippen molar-refractivity contribution in [3.8, 4) is 0 Å². The lowest BCUT2D eigenvalue weighted by atomic mass is 9.33. The lowest BCUT2D eigenvalue weighted by Gasteiger charge is -2.70. The molecule has 0 spiro atoms. The van der Waals surface area contributed by atoms with Crippen LogP contribution in [-0.4, -0.2) is 18.5 Å².